The van der Waals surface area contributed by atoms with Gasteiger partial charge in [0.1, 0.15) is 0 Å². The fourth-order valence-electron chi connectivity index (χ4n) is 1.60. The molecule has 15 heavy (non-hydrogen) atoms. The van der Waals surface area contributed by atoms with E-state index < -0.39 is 15.9 Å². The first kappa shape index (κ1) is 10.2. The zero-order valence-electron chi connectivity index (χ0n) is 8.52. The molecule has 0 atom stereocenters. The molecule has 80 valence electrons. The number of rotatable bonds is 0. The fraction of sp³-hybridized carbons (Fsp3) is 0.300. The number of nitrogens with zero attached hydrogens (tertiary/aromatic N) is 1. The van der Waals surface area contributed by atoms with Crippen LogP contribution in [-0.4, -0.2) is 25.7 Å². The zero-order valence-corrected chi connectivity index (χ0v) is 9.34. The predicted molar refractivity (Wildman–Crippen MR) is 55.9 cm³/mol. The molecular weight excluding hydrogens is 214 g/mol. The number of sulfonamides is 1. The van der Waals surface area contributed by atoms with Crippen molar-refractivity contribution in [1.82, 2.24) is 4.31 Å². The Kier molecular flexibility index (Phi) is 2.08. The third-order valence-corrected chi connectivity index (χ3v) is 4.21. The van der Waals surface area contributed by atoms with Crippen molar-refractivity contribution < 1.29 is 13.2 Å². The number of aryl methyl sites for hydroxylation is 1. The Morgan fingerprint density at radius 1 is 1.33 bits per heavy atom. The van der Waals surface area contributed by atoms with Crippen LogP contribution in [0.15, 0.2) is 18.2 Å². The molecule has 0 fully saturated rings. The Labute approximate surface area is 88.6 Å². The van der Waals surface area contributed by atoms with Crippen molar-refractivity contribution >= 4 is 15.9 Å². The molecule has 0 saturated carbocycles. The zero-order chi connectivity index (χ0) is 11.2. The molecule has 0 aromatic heterocycles. The lowest BCUT2D eigenvalue weighted by atomic mass is 10.1. The lowest BCUT2D eigenvalue weighted by molar-refractivity contribution is 0.0878. The normalized spacial score (nSPS) is 18.8. The lowest BCUT2D eigenvalue weighted by Gasteiger charge is -2.24. The lowest BCUT2D eigenvalue weighted by Crippen LogP contribution is -2.38. The number of amides is 1. The highest BCUT2D eigenvalue weighted by Gasteiger charge is 2.32. The van der Waals surface area contributed by atoms with Gasteiger partial charge in [0.05, 0.1) is 5.75 Å². The predicted octanol–water partition coefficient (Wildman–Crippen LogP) is 0.910. The second kappa shape index (κ2) is 3.06. The summed E-state index contributed by atoms with van der Waals surface area (Å²) in [5, 5.41) is 0. The Morgan fingerprint density at radius 3 is 2.67 bits per heavy atom. The van der Waals surface area contributed by atoms with E-state index in [1.165, 1.54) is 7.05 Å². The number of carbonyl (C=O) groups is 1. The molecule has 0 radical (unpaired) electrons. The van der Waals surface area contributed by atoms with Crippen LogP contribution in [0.4, 0.5) is 0 Å². The summed E-state index contributed by atoms with van der Waals surface area (Å²) in [4.78, 5) is 11.7. The molecule has 0 spiro atoms. The largest absolute Gasteiger partial charge is 0.268 e. The molecule has 0 aliphatic carbocycles. The van der Waals surface area contributed by atoms with E-state index in [1.54, 1.807) is 12.1 Å². The molecule has 1 aromatic carbocycles. The van der Waals surface area contributed by atoms with Gasteiger partial charge >= 0.3 is 0 Å². The number of carbonyl (C=O) groups excluding carboxylic acids is 1. The summed E-state index contributed by atoms with van der Waals surface area (Å²) < 4.78 is 23.9. The van der Waals surface area contributed by atoms with E-state index in [0.29, 0.717) is 11.1 Å². The van der Waals surface area contributed by atoms with Crippen LogP contribution in [0.2, 0.25) is 0 Å². The van der Waals surface area contributed by atoms with Gasteiger partial charge in [0.2, 0.25) is 10.0 Å². The molecule has 1 heterocycles. The topological polar surface area (TPSA) is 54.5 Å². The standard InChI is InChI=1S/C10H11NO3S/c1-7-3-4-8-6-15(13,14)11(2)10(12)9(8)5-7/h3-5H,6H2,1-2H3. The van der Waals surface area contributed by atoms with Crippen molar-refractivity contribution in [3.8, 4) is 0 Å². The van der Waals surface area contributed by atoms with Crippen molar-refractivity contribution in [3.63, 3.8) is 0 Å². The average molecular weight is 225 g/mol. The maximum atomic E-state index is 11.7. The summed E-state index contributed by atoms with van der Waals surface area (Å²) in [6.45, 7) is 1.87. The van der Waals surface area contributed by atoms with Crippen LogP contribution >= 0.6 is 0 Å². The third-order valence-electron chi connectivity index (χ3n) is 2.54. The molecule has 1 aliphatic rings. The summed E-state index contributed by atoms with van der Waals surface area (Å²) in [7, 11) is -2.16. The Morgan fingerprint density at radius 2 is 2.00 bits per heavy atom. The van der Waals surface area contributed by atoms with E-state index in [-0.39, 0.29) is 5.75 Å². The molecule has 1 aliphatic heterocycles. The van der Waals surface area contributed by atoms with E-state index in [0.717, 1.165) is 9.87 Å². The van der Waals surface area contributed by atoms with Crippen LogP contribution in [0.25, 0.3) is 0 Å². The molecule has 1 aromatic rings. The van der Waals surface area contributed by atoms with Crippen molar-refractivity contribution in [2.75, 3.05) is 7.05 Å². The minimum Gasteiger partial charge on any atom is -0.268 e. The first-order chi connectivity index (χ1) is 6.92. The highest BCUT2D eigenvalue weighted by atomic mass is 32.2. The number of benzene rings is 1. The second-order valence-electron chi connectivity index (χ2n) is 3.69. The fourth-order valence-corrected chi connectivity index (χ4v) is 2.79. The number of hydrogen-bond donors (Lipinski definition) is 0. The summed E-state index contributed by atoms with van der Waals surface area (Å²) >= 11 is 0. The van der Waals surface area contributed by atoms with Crippen LogP contribution in [-0.2, 0) is 15.8 Å². The minimum absolute atomic E-state index is 0.0924. The molecule has 0 bridgehead atoms. The highest BCUT2D eigenvalue weighted by Crippen LogP contribution is 2.24. The van der Waals surface area contributed by atoms with Gasteiger partial charge in [-0.3, -0.25) is 4.79 Å². The number of hydrogen-bond acceptors (Lipinski definition) is 3. The molecule has 5 heteroatoms. The van der Waals surface area contributed by atoms with Gasteiger partial charge < -0.3 is 0 Å². The smallest absolute Gasteiger partial charge is 0.267 e. The van der Waals surface area contributed by atoms with Gasteiger partial charge in [-0.05, 0) is 18.6 Å². The van der Waals surface area contributed by atoms with E-state index >= 15 is 0 Å². The first-order valence-electron chi connectivity index (χ1n) is 4.52. The van der Waals surface area contributed by atoms with Crippen LogP contribution in [0.1, 0.15) is 21.5 Å². The Hall–Kier alpha value is -1.36. The van der Waals surface area contributed by atoms with E-state index in [1.807, 2.05) is 13.0 Å². The van der Waals surface area contributed by atoms with E-state index in [2.05, 4.69) is 0 Å². The molecular formula is C10H11NO3S. The SMILES string of the molecule is Cc1ccc2c(c1)C(=O)N(C)S(=O)(=O)C2. The maximum Gasteiger partial charge on any atom is 0.267 e. The summed E-state index contributed by atoms with van der Waals surface area (Å²) in [5.74, 6) is -0.537. The summed E-state index contributed by atoms with van der Waals surface area (Å²) in [6, 6.07) is 5.24. The van der Waals surface area contributed by atoms with Gasteiger partial charge in [-0.15, -0.1) is 0 Å². The third kappa shape index (κ3) is 1.52. The van der Waals surface area contributed by atoms with Crippen molar-refractivity contribution in [2.24, 2.45) is 0 Å². The molecule has 1 amide bonds. The summed E-state index contributed by atoms with van der Waals surface area (Å²) in [5.41, 5.74) is 2.03. The van der Waals surface area contributed by atoms with Crippen LogP contribution in [0, 0.1) is 6.92 Å². The van der Waals surface area contributed by atoms with E-state index in [4.69, 9.17) is 0 Å². The molecule has 0 unspecified atom stereocenters. The average Bonchev–Trinajstić information content (AvgIpc) is 2.16. The second-order valence-corrected chi connectivity index (χ2v) is 5.69. The maximum absolute atomic E-state index is 11.7. The van der Waals surface area contributed by atoms with Gasteiger partial charge in [-0.1, -0.05) is 17.7 Å². The van der Waals surface area contributed by atoms with Crippen molar-refractivity contribution in [3.05, 3.63) is 34.9 Å². The molecule has 4 nitrogen and oxygen atoms in total. The molecule has 0 saturated heterocycles. The summed E-state index contributed by atoms with van der Waals surface area (Å²) in [6.07, 6.45) is 0. The van der Waals surface area contributed by atoms with Gasteiger partial charge in [-0.2, -0.15) is 0 Å². The highest BCUT2D eigenvalue weighted by molar-refractivity contribution is 7.89. The minimum atomic E-state index is -3.45. The van der Waals surface area contributed by atoms with Gasteiger partial charge in [0.25, 0.3) is 5.91 Å². The molecule has 2 rings (SSSR count). The monoisotopic (exact) mass is 225 g/mol. The first-order valence-corrected chi connectivity index (χ1v) is 6.13. The van der Waals surface area contributed by atoms with Gasteiger partial charge in [0.15, 0.2) is 0 Å². The van der Waals surface area contributed by atoms with Crippen molar-refractivity contribution in [1.29, 1.82) is 0 Å². The number of fused-ring (bicyclic) bond motifs is 1. The van der Waals surface area contributed by atoms with Gasteiger partial charge in [0, 0.05) is 12.6 Å². The van der Waals surface area contributed by atoms with Crippen LogP contribution < -0.4 is 0 Å². The van der Waals surface area contributed by atoms with Crippen molar-refractivity contribution in [2.45, 2.75) is 12.7 Å². The van der Waals surface area contributed by atoms with Gasteiger partial charge in [-0.25, -0.2) is 12.7 Å². The van der Waals surface area contributed by atoms with E-state index in [9.17, 15) is 13.2 Å². The van der Waals surface area contributed by atoms with Crippen LogP contribution in [0.5, 0.6) is 0 Å². The Bertz CT molecular complexity index is 534. The Balaban J connectivity index is 2.66. The quantitative estimate of drug-likeness (QED) is 0.659. The molecule has 0 N–H and O–H groups in total. The van der Waals surface area contributed by atoms with Crippen LogP contribution in [0.3, 0.4) is 0 Å².